The van der Waals surface area contributed by atoms with Gasteiger partial charge < -0.3 is 32.4 Å². The Morgan fingerprint density at radius 2 is 1.71 bits per heavy atom. The van der Waals surface area contributed by atoms with Gasteiger partial charge in [0.2, 0.25) is 0 Å². The average Bonchev–Trinajstić information content (AvgIpc) is 3.07. The van der Waals surface area contributed by atoms with Gasteiger partial charge in [-0.1, -0.05) is 36.4 Å². The predicted molar refractivity (Wildman–Crippen MR) is 131 cm³/mol. The van der Waals surface area contributed by atoms with E-state index in [4.69, 9.17) is 17.4 Å². The second-order valence-corrected chi connectivity index (χ2v) is 9.86. The van der Waals surface area contributed by atoms with Gasteiger partial charge in [0.05, 0.1) is 18.6 Å². The summed E-state index contributed by atoms with van der Waals surface area (Å²) in [6, 6.07) is 12.3. The number of nitrogens with one attached hydrogen (secondary N) is 1. The molecule has 34 heavy (non-hydrogen) atoms. The number of benzene rings is 2. The van der Waals surface area contributed by atoms with E-state index in [2.05, 4.69) is 5.32 Å². The fourth-order valence-electron chi connectivity index (χ4n) is 3.80. The van der Waals surface area contributed by atoms with Gasteiger partial charge in [-0.25, -0.2) is 0 Å². The Morgan fingerprint density at radius 3 is 2.26 bits per heavy atom. The van der Waals surface area contributed by atoms with Gasteiger partial charge in [-0.15, -0.1) is 0 Å². The quantitative estimate of drug-likeness (QED) is 0.296. The summed E-state index contributed by atoms with van der Waals surface area (Å²) in [6.07, 6.45) is 0. The van der Waals surface area contributed by atoms with Crippen molar-refractivity contribution in [2.75, 3.05) is 6.61 Å². The molecule has 2 aromatic carbocycles. The number of aliphatic hydroxyl groups is 1. The molecule has 0 spiro atoms. The number of fused-ring (bicyclic) bond motifs is 1. The molecule has 0 radical (unpaired) electrons. The third-order valence-corrected chi connectivity index (χ3v) is 5.90. The topological polar surface area (TPSA) is 80.6 Å². The number of rotatable bonds is 6. The summed E-state index contributed by atoms with van der Waals surface area (Å²) < 4.78 is 7.27. The molecule has 180 valence electrons. The van der Waals surface area contributed by atoms with E-state index in [0.717, 1.165) is 32.5 Å². The van der Waals surface area contributed by atoms with Gasteiger partial charge in [0.1, 0.15) is 11.3 Å². The third-order valence-electron chi connectivity index (χ3n) is 5.66. The van der Waals surface area contributed by atoms with Gasteiger partial charge in [-0.3, -0.25) is 9.59 Å². The van der Waals surface area contributed by atoms with E-state index in [1.165, 1.54) is 0 Å². The molecular weight excluding hydrogens is 674 g/mol. The van der Waals surface area contributed by atoms with E-state index in [-0.39, 0.29) is 49.6 Å². The predicted octanol–water partition coefficient (Wildman–Crippen LogP) is 4.30. The van der Waals surface area contributed by atoms with E-state index in [0.29, 0.717) is 5.69 Å². The van der Waals surface area contributed by atoms with Crippen LogP contribution < -0.4 is 5.32 Å². The molecule has 0 fully saturated rings. The van der Waals surface area contributed by atoms with E-state index < -0.39 is 17.6 Å². The molecule has 1 heterocycles. The number of aliphatic hydroxyl groups excluding tert-OH is 1. The van der Waals surface area contributed by atoms with E-state index in [9.17, 15) is 14.7 Å². The molecule has 3 aromatic rings. The number of amides is 1. The van der Waals surface area contributed by atoms with Crippen molar-refractivity contribution in [3.63, 3.8) is 0 Å². The van der Waals surface area contributed by atoms with E-state index >= 15 is 0 Å². The Morgan fingerprint density at radius 1 is 1.12 bits per heavy atom. The van der Waals surface area contributed by atoms with Crippen molar-refractivity contribution < 1.29 is 50.5 Å². The number of aryl methyl sites for hydroxylation is 2. The maximum Gasteiger partial charge on any atom is 0.313 e. The minimum atomic E-state index is -0.586. The third kappa shape index (κ3) is 6.43. The summed E-state index contributed by atoms with van der Waals surface area (Å²) in [6.45, 7) is 9.01. The number of carbonyl (C=O) groups excluding carboxylic acids is 2. The molecule has 3 rings (SSSR count). The van der Waals surface area contributed by atoms with E-state index in [1.807, 2.05) is 81.8 Å². The van der Waals surface area contributed by atoms with Crippen LogP contribution in [0.15, 0.2) is 47.4 Å². The minimum absolute atomic E-state index is 0. The van der Waals surface area contributed by atoms with Crippen LogP contribution in [-0.4, -0.2) is 33.8 Å². The van der Waals surface area contributed by atoms with Crippen molar-refractivity contribution >= 4 is 35.4 Å². The maximum absolute atomic E-state index is 13.0. The Balaban J connectivity index is 0.00000408. The Kier molecular flexibility index (Phi) is 9.40. The molecule has 0 aliphatic carbocycles. The van der Waals surface area contributed by atoms with Gasteiger partial charge in [0.25, 0.3) is 5.91 Å². The second-order valence-electron chi connectivity index (χ2n) is 9.39. The number of esters is 1. The molecule has 8 heteroatoms. The van der Waals surface area contributed by atoms with Crippen molar-refractivity contribution in [3.05, 3.63) is 64.8 Å². The SMILES string of the molecule is Cc1cc([S-])cc2c1cc(C(=O)NC(CO)c1ccc(C(C)C(=O)OC(C)(C)C)cc1)n2C.[U]. The fraction of sp³-hybridized carbons (Fsp3) is 0.385. The molecule has 0 saturated heterocycles. The van der Waals surface area contributed by atoms with Crippen LogP contribution in [0, 0.1) is 38.0 Å². The monoisotopic (exact) mass is 705 g/mol. The zero-order valence-corrected chi connectivity index (χ0v) is 25.4. The first-order chi connectivity index (χ1) is 15.4. The summed E-state index contributed by atoms with van der Waals surface area (Å²) in [5.74, 6) is -1.01. The number of ether oxygens (including phenoxy) is 1. The molecule has 2 N–H and O–H groups in total. The molecule has 0 bridgehead atoms. The summed E-state index contributed by atoms with van der Waals surface area (Å²) in [5.41, 5.74) is 3.40. The summed E-state index contributed by atoms with van der Waals surface area (Å²) in [4.78, 5) is 26.1. The van der Waals surface area contributed by atoms with Crippen LogP contribution in [0.1, 0.15) is 66.8 Å². The molecule has 2 atom stereocenters. The maximum atomic E-state index is 13.0. The number of hydrogen-bond acceptors (Lipinski definition) is 5. The first-order valence-corrected chi connectivity index (χ1v) is 11.3. The van der Waals surface area contributed by atoms with Gasteiger partial charge in [0.15, 0.2) is 0 Å². The molecular formula is C26H31N2O4SU-. The molecule has 6 nitrogen and oxygen atoms in total. The molecule has 0 aliphatic heterocycles. The van der Waals surface area contributed by atoms with Crippen LogP contribution in [0.5, 0.6) is 0 Å². The van der Waals surface area contributed by atoms with Crippen molar-refractivity contribution in [3.8, 4) is 0 Å². The first-order valence-electron chi connectivity index (χ1n) is 10.9. The number of carbonyl (C=O) groups is 2. The Bertz CT molecular complexity index is 1180. The second kappa shape index (κ2) is 11.3. The largest absolute Gasteiger partial charge is 0.780 e. The normalized spacial score (nSPS) is 13.1. The van der Waals surface area contributed by atoms with Gasteiger partial charge in [0, 0.05) is 49.1 Å². The first kappa shape index (κ1) is 28.4. The van der Waals surface area contributed by atoms with Crippen molar-refractivity contribution in [2.24, 2.45) is 7.05 Å². The summed E-state index contributed by atoms with van der Waals surface area (Å²) >= 11 is 5.31. The number of hydrogen-bond donors (Lipinski definition) is 2. The zero-order chi connectivity index (χ0) is 24.5. The van der Waals surface area contributed by atoms with Crippen LogP contribution in [0.3, 0.4) is 0 Å². The number of aromatic nitrogens is 1. The van der Waals surface area contributed by atoms with Crippen molar-refractivity contribution in [1.29, 1.82) is 0 Å². The van der Waals surface area contributed by atoms with Crippen LogP contribution in [0.4, 0.5) is 0 Å². The Labute approximate surface area is 230 Å². The Hall–Kier alpha value is -1.85. The van der Waals surface area contributed by atoms with Crippen LogP contribution in [0.25, 0.3) is 10.9 Å². The average molecular weight is 706 g/mol. The molecule has 2 unspecified atom stereocenters. The van der Waals surface area contributed by atoms with Crippen LogP contribution >= 0.6 is 0 Å². The van der Waals surface area contributed by atoms with Crippen LogP contribution in [-0.2, 0) is 29.2 Å². The number of nitrogens with zero attached hydrogens (tertiary/aromatic N) is 1. The summed E-state index contributed by atoms with van der Waals surface area (Å²) in [7, 11) is 1.83. The molecule has 0 aliphatic rings. The van der Waals surface area contributed by atoms with Gasteiger partial charge in [-0.05, 0) is 57.4 Å². The van der Waals surface area contributed by atoms with Gasteiger partial charge >= 0.3 is 5.97 Å². The smallest absolute Gasteiger partial charge is 0.313 e. The van der Waals surface area contributed by atoms with Gasteiger partial charge in [-0.2, -0.15) is 4.90 Å². The molecule has 1 amide bonds. The standard InChI is InChI=1S/C26H32N2O4S.U/c1-15-11-19(33)12-22-20(15)13-23(28(22)6)24(30)27-21(14-29)18-9-7-17(8-10-18)16(2)25(31)32-26(3,4)5;/h7-13,16,21,29,33H,14H2,1-6H3,(H,27,30);/p-1. The zero-order valence-electron chi connectivity index (χ0n) is 20.4. The fourth-order valence-corrected chi connectivity index (χ4v) is 4.09. The molecule has 0 saturated carbocycles. The molecule has 1 aromatic heterocycles. The van der Waals surface area contributed by atoms with Crippen molar-refractivity contribution in [2.45, 2.75) is 57.1 Å². The van der Waals surface area contributed by atoms with Crippen molar-refractivity contribution in [1.82, 2.24) is 9.88 Å². The van der Waals surface area contributed by atoms with Crippen LogP contribution in [0.2, 0.25) is 0 Å². The summed E-state index contributed by atoms with van der Waals surface area (Å²) in [5, 5.41) is 13.8. The van der Waals surface area contributed by atoms with E-state index in [1.54, 1.807) is 6.92 Å². The minimum Gasteiger partial charge on any atom is -0.780 e.